The van der Waals surface area contributed by atoms with Gasteiger partial charge in [0, 0.05) is 6.54 Å². The minimum Gasteiger partial charge on any atom is -0.480 e. The lowest BCUT2D eigenvalue weighted by Crippen LogP contribution is -2.58. The molecule has 1 fully saturated rings. The molecule has 1 aliphatic heterocycles. The van der Waals surface area contributed by atoms with Crippen LogP contribution in [0, 0.1) is 5.92 Å². The van der Waals surface area contributed by atoms with Crippen molar-refractivity contribution in [3.8, 4) is 0 Å². The Morgan fingerprint density at radius 3 is 2.20 bits per heavy atom. The van der Waals surface area contributed by atoms with Crippen LogP contribution in [-0.4, -0.2) is 82.0 Å². The number of nitrogens with zero attached hydrogens (tertiary/aromatic N) is 1. The second-order valence-corrected chi connectivity index (χ2v) is 7.74. The van der Waals surface area contributed by atoms with Gasteiger partial charge in [-0.2, -0.15) is 0 Å². The van der Waals surface area contributed by atoms with Crippen molar-refractivity contribution in [1.82, 2.24) is 15.5 Å². The van der Waals surface area contributed by atoms with Gasteiger partial charge < -0.3 is 37.2 Å². The fourth-order valence-electron chi connectivity index (χ4n) is 3.24. The van der Waals surface area contributed by atoms with Crippen molar-refractivity contribution >= 4 is 29.6 Å². The fourth-order valence-corrected chi connectivity index (χ4v) is 3.24. The number of carbonyl (C=O) groups is 5. The minimum atomic E-state index is -1.36. The van der Waals surface area contributed by atoms with E-state index in [2.05, 4.69) is 10.6 Å². The highest BCUT2D eigenvalue weighted by Crippen LogP contribution is 2.18. The van der Waals surface area contributed by atoms with Crippen molar-refractivity contribution in [1.29, 1.82) is 0 Å². The second kappa shape index (κ2) is 11.5. The number of rotatable bonds is 11. The van der Waals surface area contributed by atoms with Crippen LogP contribution in [0.1, 0.15) is 39.5 Å². The Balaban J connectivity index is 2.87. The predicted octanol–water partition coefficient (Wildman–Crippen LogP) is -2.73. The molecule has 12 heteroatoms. The van der Waals surface area contributed by atoms with Crippen LogP contribution >= 0.6 is 0 Å². The number of hydrogen-bond acceptors (Lipinski definition) is 7. The largest absolute Gasteiger partial charge is 0.480 e. The van der Waals surface area contributed by atoms with E-state index in [9.17, 15) is 34.2 Å². The van der Waals surface area contributed by atoms with Crippen LogP contribution in [0.25, 0.3) is 0 Å². The third kappa shape index (κ3) is 7.26. The zero-order valence-electron chi connectivity index (χ0n) is 17.2. The normalized spacial score (nSPS) is 19.1. The zero-order valence-corrected chi connectivity index (χ0v) is 17.2. The number of aliphatic hydroxyl groups excluding tert-OH is 1. The van der Waals surface area contributed by atoms with Crippen LogP contribution in [0.2, 0.25) is 0 Å². The molecule has 0 aromatic carbocycles. The molecule has 0 aromatic rings. The molecular weight excluding hydrogens is 398 g/mol. The van der Waals surface area contributed by atoms with E-state index in [0.29, 0.717) is 6.42 Å². The number of primary amides is 1. The first-order valence-electron chi connectivity index (χ1n) is 9.76. The molecule has 4 amide bonds. The van der Waals surface area contributed by atoms with E-state index in [4.69, 9.17) is 11.5 Å². The molecule has 0 saturated carbocycles. The summed E-state index contributed by atoms with van der Waals surface area (Å²) in [5.74, 6) is -4.15. The highest BCUT2D eigenvalue weighted by Gasteiger charge is 2.38. The number of carbonyl (C=O) groups excluding carboxylic acids is 4. The standard InChI is InChI=1S/C18H31N5O7/c1-9(2)6-11(21-15(26)10(19)7-14(20)25)16(27)22-12(8-24)17(28)23-5-3-4-13(23)18(29)30/h9-13,24H,3-8,19H2,1-2H3,(H2,20,25)(H,21,26)(H,22,27)(H,29,30). The van der Waals surface area contributed by atoms with Crippen molar-refractivity contribution in [3.63, 3.8) is 0 Å². The van der Waals surface area contributed by atoms with Gasteiger partial charge in [-0.15, -0.1) is 0 Å². The van der Waals surface area contributed by atoms with Gasteiger partial charge in [0.15, 0.2) is 0 Å². The van der Waals surface area contributed by atoms with E-state index < -0.39 is 66.8 Å². The summed E-state index contributed by atoms with van der Waals surface area (Å²) in [5, 5.41) is 23.6. The highest BCUT2D eigenvalue weighted by molar-refractivity contribution is 5.95. The van der Waals surface area contributed by atoms with Gasteiger partial charge in [0.2, 0.25) is 23.6 Å². The fraction of sp³-hybridized carbons (Fsp3) is 0.722. The van der Waals surface area contributed by atoms with Crippen molar-refractivity contribution in [3.05, 3.63) is 0 Å². The molecule has 1 saturated heterocycles. The number of nitrogens with two attached hydrogens (primary N) is 2. The highest BCUT2D eigenvalue weighted by atomic mass is 16.4. The lowest BCUT2D eigenvalue weighted by molar-refractivity contribution is -0.150. The number of nitrogens with one attached hydrogen (secondary N) is 2. The SMILES string of the molecule is CC(C)CC(NC(=O)C(N)CC(N)=O)C(=O)NC(CO)C(=O)N1CCCC1C(=O)O. The van der Waals surface area contributed by atoms with Gasteiger partial charge in [-0.05, 0) is 25.2 Å². The Kier molecular flexibility index (Phi) is 9.66. The maximum absolute atomic E-state index is 12.7. The van der Waals surface area contributed by atoms with E-state index in [1.807, 2.05) is 13.8 Å². The number of aliphatic carboxylic acids is 1. The number of aliphatic hydroxyl groups is 1. The molecule has 1 aliphatic rings. The topological polar surface area (TPSA) is 205 Å². The molecule has 1 rings (SSSR count). The van der Waals surface area contributed by atoms with E-state index in [1.54, 1.807) is 0 Å². The first-order chi connectivity index (χ1) is 14.0. The van der Waals surface area contributed by atoms with Gasteiger partial charge in [-0.3, -0.25) is 19.2 Å². The summed E-state index contributed by atoms with van der Waals surface area (Å²) in [6, 6.07) is -4.68. The Bertz CT molecular complexity index is 669. The Morgan fingerprint density at radius 1 is 1.10 bits per heavy atom. The first kappa shape index (κ1) is 25.3. The number of carboxylic acid groups (broad SMARTS) is 1. The molecule has 30 heavy (non-hydrogen) atoms. The van der Waals surface area contributed by atoms with Gasteiger partial charge in [0.05, 0.1) is 19.1 Å². The number of likely N-dealkylation sites (tertiary alicyclic amines) is 1. The third-order valence-corrected chi connectivity index (χ3v) is 4.72. The summed E-state index contributed by atoms with van der Waals surface area (Å²) in [6.07, 6.45) is 0.593. The smallest absolute Gasteiger partial charge is 0.326 e. The maximum Gasteiger partial charge on any atom is 0.326 e. The van der Waals surface area contributed by atoms with Crippen molar-refractivity contribution in [2.24, 2.45) is 17.4 Å². The van der Waals surface area contributed by atoms with E-state index in [1.165, 1.54) is 0 Å². The average molecular weight is 429 g/mol. The van der Waals surface area contributed by atoms with Gasteiger partial charge in [-0.1, -0.05) is 13.8 Å². The van der Waals surface area contributed by atoms with Crippen LogP contribution in [0.3, 0.4) is 0 Å². The van der Waals surface area contributed by atoms with Crippen molar-refractivity contribution in [2.45, 2.75) is 63.7 Å². The minimum absolute atomic E-state index is 0.0216. The maximum atomic E-state index is 12.7. The molecule has 12 nitrogen and oxygen atoms in total. The number of amides is 4. The van der Waals surface area contributed by atoms with Gasteiger partial charge in [0.1, 0.15) is 18.1 Å². The monoisotopic (exact) mass is 429 g/mol. The van der Waals surface area contributed by atoms with Crippen LogP contribution < -0.4 is 22.1 Å². The van der Waals surface area contributed by atoms with Crippen LogP contribution in [0.15, 0.2) is 0 Å². The Morgan fingerprint density at radius 2 is 1.70 bits per heavy atom. The van der Waals surface area contributed by atoms with Gasteiger partial charge >= 0.3 is 5.97 Å². The lowest BCUT2D eigenvalue weighted by atomic mass is 10.0. The van der Waals surface area contributed by atoms with Crippen LogP contribution in [0.4, 0.5) is 0 Å². The first-order valence-corrected chi connectivity index (χ1v) is 9.76. The predicted molar refractivity (Wildman–Crippen MR) is 105 cm³/mol. The van der Waals surface area contributed by atoms with E-state index in [0.717, 1.165) is 4.90 Å². The molecule has 0 aliphatic carbocycles. The molecule has 4 atom stereocenters. The second-order valence-electron chi connectivity index (χ2n) is 7.74. The molecule has 4 unspecified atom stereocenters. The summed E-state index contributed by atoms with van der Waals surface area (Å²) in [7, 11) is 0. The molecule has 170 valence electrons. The quantitative estimate of drug-likeness (QED) is 0.203. The van der Waals surface area contributed by atoms with Gasteiger partial charge in [0.25, 0.3) is 0 Å². The number of hydrogen-bond donors (Lipinski definition) is 6. The average Bonchev–Trinajstić information content (AvgIpc) is 3.13. The molecule has 1 heterocycles. The van der Waals surface area contributed by atoms with Crippen LogP contribution in [0.5, 0.6) is 0 Å². The summed E-state index contributed by atoms with van der Waals surface area (Å²) in [4.78, 5) is 60.9. The Labute approximate surface area is 174 Å². The van der Waals surface area contributed by atoms with E-state index in [-0.39, 0.29) is 25.3 Å². The zero-order chi connectivity index (χ0) is 23.0. The van der Waals surface area contributed by atoms with E-state index >= 15 is 0 Å². The summed E-state index contributed by atoms with van der Waals surface area (Å²) in [6.45, 7) is 3.09. The molecule has 0 radical (unpaired) electrons. The molecule has 0 aromatic heterocycles. The summed E-state index contributed by atoms with van der Waals surface area (Å²) in [5.41, 5.74) is 10.6. The van der Waals surface area contributed by atoms with Crippen molar-refractivity contribution in [2.75, 3.05) is 13.2 Å². The van der Waals surface area contributed by atoms with Gasteiger partial charge in [-0.25, -0.2) is 4.79 Å². The third-order valence-electron chi connectivity index (χ3n) is 4.72. The molecule has 8 N–H and O–H groups in total. The number of carboxylic acids is 1. The summed E-state index contributed by atoms with van der Waals surface area (Å²) < 4.78 is 0. The van der Waals surface area contributed by atoms with Crippen LogP contribution in [-0.2, 0) is 24.0 Å². The molecule has 0 bridgehead atoms. The van der Waals surface area contributed by atoms with Crippen molar-refractivity contribution < 1.29 is 34.2 Å². The summed E-state index contributed by atoms with van der Waals surface area (Å²) >= 11 is 0. The molecule has 0 spiro atoms. The molecular formula is C18H31N5O7. The lowest BCUT2D eigenvalue weighted by Gasteiger charge is -2.28. The Hall–Kier alpha value is -2.73.